The van der Waals surface area contributed by atoms with E-state index >= 15 is 0 Å². The molecule has 1 fully saturated rings. The van der Waals surface area contributed by atoms with Crippen LogP contribution in [0.1, 0.15) is 26.3 Å². The molecular weight excluding hydrogens is 396 g/mol. The summed E-state index contributed by atoms with van der Waals surface area (Å²) in [4.78, 5) is 38.6. The normalized spacial score (nSPS) is 15.3. The SMILES string of the molecule is CC(C)(C)OC(=O)[C@H](Cc1ccccc1)NOC(=O)N1CCN(c2ccccn2)CC1. The van der Waals surface area contributed by atoms with Gasteiger partial charge in [-0.25, -0.2) is 9.78 Å². The minimum atomic E-state index is -0.805. The zero-order chi connectivity index (χ0) is 22.3. The number of carbonyl (C=O) groups excluding carboxylic acids is 2. The summed E-state index contributed by atoms with van der Waals surface area (Å²) in [7, 11) is 0. The van der Waals surface area contributed by atoms with Crippen LogP contribution in [0.15, 0.2) is 54.7 Å². The van der Waals surface area contributed by atoms with E-state index in [1.165, 1.54) is 0 Å². The second-order valence-electron chi connectivity index (χ2n) is 8.42. The van der Waals surface area contributed by atoms with Gasteiger partial charge in [0.15, 0.2) is 0 Å². The van der Waals surface area contributed by atoms with Crippen LogP contribution in [-0.2, 0) is 20.8 Å². The number of hydroxylamine groups is 1. The molecule has 2 heterocycles. The van der Waals surface area contributed by atoms with Crippen LogP contribution >= 0.6 is 0 Å². The highest BCUT2D eigenvalue weighted by molar-refractivity contribution is 5.77. The fourth-order valence-electron chi connectivity index (χ4n) is 3.24. The van der Waals surface area contributed by atoms with Gasteiger partial charge in [-0.1, -0.05) is 36.4 Å². The van der Waals surface area contributed by atoms with E-state index in [0.29, 0.717) is 32.6 Å². The summed E-state index contributed by atoms with van der Waals surface area (Å²) in [5.74, 6) is 0.422. The van der Waals surface area contributed by atoms with Crippen molar-refractivity contribution in [3.63, 3.8) is 0 Å². The first kappa shape index (κ1) is 22.6. The van der Waals surface area contributed by atoms with Gasteiger partial charge in [0.2, 0.25) is 0 Å². The Bertz CT molecular complexity index is 847. The molecule has 0 radical (unpaired) electrons. The molecule has 1 saturated heterocycles. The number of piperazine rings is 1. The third-order valence-corrected chi connectivity index (χ3v) is 4.77. The highest BCUT2D eigenvalue weighted by Crippen LogP contribution is 2.14. The van der Waals surface area contributed by atoms with Gasteiger partial charge in [0.1, 0.15) is 17.5 Å². The van der Waals surface area contributed by atoms with E-state index < -0.39 is 23.7 Å². The Morgan fingerprint density at radius 2 is 1.71 bits per heavy atom. The Hall–Kier alpha value is -3.13. The predicted octanol–water partition coefficient (Wildman–Crippen LogP) is 2.80. The first-order chi connectivity index (χ1) is 14.8. The Balaban J connectivity index is 1.55. The zero-order valence-corrected chi connectivity index (χ0v) is 18.3. The maximum atomic E-state index is 12.6. The van der Waals surface area contributed by atoms with Crippen LogP contribution in [0.25, 0.3) is 0 Å². The smallest absolute Gasteiger partial charge is 0.428 e. The molecule has 1 aliphatic rings. The van der Waals surface area contributed by atoms with E-state index in [0.717, 1.165) is 11.4 Å². The molecule has 0 bridgehead atoms. The molecule has 1 aromatic carbocycles. The van der Waals surface area contributed by atoms with Gasteiger partial charge in [-0.05, 0) is 38.5 Å². The minimum absolute atomic E-state index is 0.344. The number of esters is 1. The largest absolute Gasteiger partial charge is 0.459 e. The lowest BCUT2D eigenvalue weighted by Crippen LogP contribution is -2.51. The first-order valence-electron chi connectivity index (χ1n) is 10.5. The molecule has 2 aromatic rings. The van der Waals surface area contributed by atoms with Crippen LogP contribution in [0.3, 0.4) is 0 Å². The molecule has 0 aliphatic carbocycles. The first-order valence-corrected chi connectivity index (χ1v) is 10.5. The lowest BCUT2D eigenvalue weighted by Gasteiger charge is -2.34. The molecule has 0 saturated carbocycles. The van der Waals surface area contributed by atoms with E-state index in [2.05, 4.69) is 15.4 Å². The zero-order valence-electron chi connectivity index (χ0n) is 18.3. The molecule has 31 heavy (non-hydrogen) atoms. The van der Waals surface area contributed by atoms with Gasteiger partial charge in [0.05, 0.1) is 0 Å². The number of hydrogen-bond donors (Lipinski definition) is 1. The van der Waals surface area contributed by atoms with Gasteiger partial charge in [-0.3, -0.25) is 4.79 Å². The van der Waals surface area contributed by atoms with Crippen LogP contribution in [0, 0.1) is 0 Å². The number of hydrogen-bond acceptors (Lipinski definition) is 7. The minimum Gasteiger partial charge on any atom is -0.459 e. The molecule has 8 nitrogen and oxygen atoms in total. The van der Waals surface area contributed by atoms with Crippen LogP contribution in [0.5, 0.6) is 0 Å². The Morgan fingerprint density at radius 1 is 1.03 bits per heavy atom. The number of carbonyl (C=O) groups is 2. The second-order valence-corrected chi connectivity index (χ2v) is 8.42. The number of ether oxygens (including phenoxy) is 1. The molecule has 8 heteroatoms. The van der Waals surface area contributed by atoms with Crippen molar-refractivity contribution in [1.82, 2.24) is 15.4 Å². The average Bonchev–Trinajstić information content (AvgIpc) is 2.76. The van der Waals surface area contributed by atoms with Gasteiger partial charge in [0, 0.05) is 38.8 Å². The number of rotatable bonds is 6. The number of nitrogens with one attached hydrogen (secondary N) is 1. The molecular formula is C23H30N4O4. The van der Waals surface area contributed by atoms with Crippen LogP contribution < -0.4 is 10.4 Å². The number of anilines is 1. The van der Waals surface area contributed by atoms with Crippen molar-refractivity contribution in [3.05, 3.63) is 60.3 Å². The number of nitrogens with zero attached hydrogens (tertiary/aromatic N) is 3. The quantitative estimate of drug-likeness (QED) is 0.562. The summed E-state index contributed by atoms with van der Waals surface area (Å²) in [6, 6.07) is 14.5. The monoisotopic (exact) mass is 426 g/mol. The number of amides is 1. The molecule has 1 aromatic heterocycles. The summed E-state index contributed by atoms with van der Waals surface area (Å²) < 4.78 is 5.49. The maximum absolute atomic E-state index is 12.6. The third kappa shape index (κ3) is 6.96. The fraction of sp³-hybridized carbons (Fsp3) is 0.435. The molecule has 1 aliphatic heterocycles. The van der Waals surface area contributed by atoms with E-state index in [-0.39, 0.29) is 0 Å². The molecule has 0 unspecified atom stereocenters. The van der Waals surface area contributed by atoms with E-state index in [4.69, 9.17) is 9.57 Å². The lowest BCUT2D eigenvalue weighted by molar-refractivity contribution is -0.160. The summed E-state index contributed by atoms with van der Waals surface area (Å²) in [5.41, 5.74) is 2.94. The van der Waals surface area contributed by atoms with Gasteiger partial charge >= 0.3 is 12.1 Å². The summed E-state index contributed by atoms with van der Waals surface area (Å²) in [5, 5.41) is 0. The van der Waals surface area contributed by atoms with Crippen molar-refractivity contribution in [2.75, 3.05) is 31.1 Å². The summed E-state index contributed by atoms with van der Waals surface area (Å²) >= 11 is 0. The second kappa shape index (κ2) is 10.3. The summed E-state index contributed by atoms with van der Waals surface area (Å²) in [6.07, 6.45) is 1.59. The lowest BCUT2D eigenvalue weighted by atomic mass is 10.1. The van der Waals surface area contributed by atoms with E-state index in [1.807, 2.05) is 48.5 Å². The highest BCUT2D eigenvalue weighted by Gasteiger charge is 2.29. The Morgan fingerprint density at radius 3 is 2.32 bits per heavy atom. The van der Waals surface area contributed by atoms with Crippen molar-refractivity contribution < 1.29 is 19.2 Å². The van der Waals surface area contributed by atoms with Crippen LogP contribution in [0.4, 0.5) is 10.6 Å². The third-order valence-electron chi connectivity index (χ3n) is 4.77. The van der Waals surface area contributed by atoms with Crippen molar-refractivity contribution in [2.24, 2.45) is 0 Å². The van der Waals surface area contributed by atoms with Gasteiger partial charge in [-0.15, -0.1) is 5.48 Å². The number of benzene rings is 1. The van der Waals surface area contributed by atoms with Gasteiger partial charge in [-0.2, -0.15) is 0 Å². The average molecular weight is 427 g/mol. The van der Waals surface area contributed by atoms with Crippen molar-refractivity contribution in [2.45, 2.75) is 38.8 Å². The Labute approximate surface area is 183 Å². The maximum Gasteiger partial charge on any atom is 0.428 e. The van der Waals surface area contributed by atoms with Crippen LogP contribution in [0.2, 0.25) is 0 Å². The molecule has 166 valence electrons. The number of aromatic nitrogens is 1. The molecule has 1 N–H and O–H groups in total. The van der Waals surface area contributed by atoms with Gasteiger partial charge in [0.25, 0.3) is 0 Å². The fourth-order valence-corrected chi connectivity index (χ4v) is 3.24. The molecule has 1 amide bonds. The standard InChI is InChI=1S/C23H30N4O4/c1-23(2,3)30-21(28)19(17-18-9-5-4-6-10-18)25-31-22(29)27-15-13-26(14-16-27)20-11-7-8-12-24-20/h4-12,19,25H,13-17H2,1-3H3/t19-/m0/s1. The van der Waals surface area contributed by atoms with Crippen molar-refractivity contribution in [1.29, 1.82) is 0 Å². The topological polar surface area (TPSA) is 84.0 Å². The number of pyridine rings is 1. The van der Waals surface area contributed by atoms with Crippen LogP contribution in [-0.4, -0.2) is 59.8 Å². The molecule has 3 rings (SSSR count). The van der Waals surface area contributed by atoms with Crippen molar-refractivity contribution in [3.8, 4) is 0 Å². The molecule has 0 spiro atoms. The van der Waals surface area contributed by atoms with E-state index in [9.17, 15) is 9.59 Å². The predicted molar refractivity (Wildman–Crippen MR) is 117 cm³/mol. The highest BCUT2D eigenvalue weighted by atomic mass is 16.7. The summed E-state index contributed by atoms with van der Waals surface area (Å²) in [6.45, 7) is 7.74. The van der Waals surface area contributed by atoms with E-state index in [1.54, 1.807) is 31.9 Å². The molecule has 1 atom stereocenters. The Kier molecular flexibility index (Phi) is 7.46. The van der Waals surface area contributed by atoms with Gasteiger partial charge < -0.3 is 19.4 Å². The van der Waals surface area contributed by atoms with Crippen molar-refractivity contribution >= 4 is 17.9 Å².